The number of Topliss-reactive ketones (excluding diaryl/α,β-unsaturated/α-hetero) is 1. The maximum Gasteiger partial charge on any atom is 0.218 e. The second kappa shape index (κ2) is 6.68. The molecule has 0 aliphatic rings. The number of thioether (sulfide) groups is 1. The lowest BCUT2D eigenvalue weighted by molar-refractivity contribution is 0.0791. The summed E-state index contributed by atoms with van der Waals surface area (Å²) in [5.41, 5.74) is 2.08. The number of ether oxygens (including phenoxy) is 1. The van der Waals surface area contributed by atoms with Gasteiger partial charge in [-0.2, -0.15) is 5.10 Å². The van der Waals surface area contributed by atoms with Crippen molar-refractivity contribution in [3.8, 4) is 11.3 Å². The van der Waals surface area contributed by atoms with Crippen LogP contribution in [0.15, 0.2) is 28.9 Å². The maximum absolute atomic E-state index is 12.8. The number of benzene rings is 1. The van der Waals surface area contributed by atoms with E-state index in [1.54, 1.807) is 6.20 Å². The molecule has 1 unspecified atom stereocenters. The lowest BCUT2D eigenvalue weighted by atomic mass is 10.1. The van der Waals surface area contributed by atoms with Crippen molar-refractivity contribution in [2.24, 2.45) is 0 Å². The highest BCUT2D eigenvalue weighted by atomic mass is 79.9. The van der Waals surface area contributed by atoms with Gasteiger partial charge in [0.25, 0.3) is 0 Å². The van der Waals surface area contributed by atoms with Gasteiger partial charge in [-0.3, -0.25) is 9.89 Å². The summed E-state index contributed by atoms with van der Waals surface area (Å²) in [5, 5.41) is 8.40. The average Bonchev–Trinajstić information content (AvgIpc) is 3.16. The van der Waals surface area contributed by atoms with Crippen molar-refractivity contribution in [2.75, 3.05) is 13.4 Å². The van der Waals surface area contributed by atoms with Crippen LogP contribution < -0.4 is 0 Å². The minimum absolute atomic E-state index is 0.138. The van der Waals surface area contributed by atoms with Gasteiger partial charge in [0.1, 0.15) is 0 Å². The number of aromatic nitrogens is 3. The van der Waals surface area contributed by atoms with Gasteiger partial charge in [-0.1, -0.05) is 11.6 Å². The Hall–Kier alpha value is -1.28. The van der Waals surface area contributed by atoms with Crippen molar-refractivity contribution in [1.29, 1.82) is 0 Å². The smallest absolute Gasteiger partial charge is 0.218 e. The Morgan fingerprint density at radius 1 is 1.48 bits per heavy atom. The number of fused-ring (bicyclic) bond motifs is 1. The van der Waals surface area contributed by atoms with E-state index in [1.165, 1.54) is 18.9 Å². The fourth-order valence-corrected chi connectivity index (χ4v) is 3.50. The molecule has 0 amide bonds. The number of rotatable bonds is 5. The summed E-state index contributed by atoms with van der Waals surface area (Å²) in [5.74, 6) is -0.138. The summed E-state index contributed by atoms with van der Waals surface area (Å²) in [6.07, 6.45) is 3.54. The van der Waals surface area contributed by atoms with E-state index in [0.29, 0.717) is 16.4 Å². The Balaban J connectivity index is 2.28. The summed E-state index contributed by atoms with van der Waals surface area (Å²) in [7, 11) is 1.52. The molecular formula is C15H13BrClN3O2S. The SMILES string of the molecule is COC(SC)C(=O)c1[nH]c2cc(Br)c(Cl)cc2c1-c1cc[nH]n1. The molecule has 0 fully saturated rings. The monoisotopic (exact) mass is 413 g/mol. The summed E-state index contributed by atoms with van der Waals surface area (Å²) >= 11 is 11.0. The largest absolute Gasteiger partial charge is 0.362 e. The third-order valence-electron chi connectivity index (χ3n) is 3.48. The first-order valence-electron chi connectivity index (χ1n) is 6.67. The Labute approximate surface area is 150 Å². The first-order valence-corrected chi connectivity index (χ1v) is 9.13. The topological polar surface area (TPSA) is 70.8 Å². The molecule has 0 spiro atoms. The van der Waals surface area contributed by atoms with Gasteiger partial charge in [0.05, 0.1) is 16.4 Å². The third-order valence-corrected chi connectivity index (χ3v) is 5.52. The number of ketones is 1. The average molecular weight is 415 g/mol. The van der Waals surface area contributed by atoms with Crippen molar-refractivity contribution in [3.05, 3.63) is 39.6 Å². The van der Waals surface area contributed by atoms with E-state index in [4.69, 9.17) is 16.3 Å². The molecule has 0 aliphatic heterocycles. The molecule has 3 aromatic rings. The Kier molecular flexibility index (Phi) is 4.82. The zero-order valence-electron chi connectivity index (χ0n) is 12.3. The Morgan fingerprint density at radius 3 is 2.87 bits per heavy atom. The van der Waals surface area contributed by atoms with E-state index < -0.39 is 5.44 Å². The Bertz CT molecular complexity index is 859. The molecule has 0 radical (unpaired) electrons. The van der Waals surface area contributed by atoms with Crippen LogP contribution in [0.3, 0.4) is 0 Å². The molecule has 0 aliphatic carbocycles. The molecule has 1 atom stereocenters. The van der Waals surface area contributed by atoms with Gasteiger partial charge in [-0.05, 0) is 40.4 Å². The lowest BCUT2D eigenvalue weighted by Crippen LogP contribution is -2.20. The molecule has 2 N–H and O–H groups in total. The molecule has 8 heteroatoms. The van der Waals surface area contributed by atoms with Crippen LogP contribution in [-0.2, 0) is 4.74 Å². The molecule has 1 aromatic carbocycles. The summed E-state index contributed by atoms with van der Waals surface area (Å²) in [6.45, 7) is 0. The maximum atomic E-state index is 12.8. The summed E-state index contributed by atoms with van der Waals surface area (Å²) in [4.78, 5) is 16.0. The first-order chi connectivity index (χ1) is 11.1. The molecule has 0 saturated heterocycles. The van der Waals surface area contributed by atoms with Gasteiger partial charge >= 0.3 is 0 Å². The number of methoxy groups -OCH3 is 1. The van der Waals surface area contributed by atoms with E-state index in [2.05, 4.69) is 31.1 Å². The fraction of sp³-hybridized carbons (Fsp3) is 0.200. The van der Waals surface area contributed by atoms with Gasteiger partial charge in [0, 0.05) is 34.2 Å². The second-order valence-corrected chi connectivity index (χ2v) is 6.98. The second-order valence-electron chi connectivity index (χ2n) is 4.81. The number of aromatic amines is 2. The molecule has 0 bridgehead atoms. The summed E-state index contributed by atoms with van der Waals surface area (Å²) in [6, 6.07) is 5.49. The van der Waals surface area contributed by atoms with Crippen molar-refractivity contribution in [3.63, 3.8) is 0 Å². The van der Waals surface area contributed by atoms with Crippen LogP contribution in [0.5, 0.6) is 0 Å². The standard InChI is InChI=1S/C15H13BrClN3O2S/c1-22-15(23-2)14(21)13-12(10-3-4-18-20-10)7-5-9(17)8(16)6-11(7)19-13/h3-6,15,19H,1-2H3,(H,18,20). The summed E-state index contributed by atoms with van der Waals surface area (Å²) < 4.78 is 6.02. The number of hydrogen-bond donors (Lipinski definition) is 2. The zero-order chi connectivity index (χ0) is 16.6. The number of nitrogens with zero attached hydrogens (tertiary/aromatic N) is 1. The molecule has 120 valence electrons. The number of nitrogens with one attached hydrogen (secondary N) is 2. The highest BCUT2D eigenvalue weighted by molar-refractivity contribution is 9.10. The molecule has 0 saturated carbocycles. The van der Waals surface area contributed by atoms with E-state index >= 15 is 0 Å². The Morgan fingerprint density at radius 2 is 2.26 bits per heavy atom. The number of hydrogen-bond acceptors (Lipinski definition) is 4. The van der Waals surface area contributed by atoms with Crippen LogP contribution in [0.2, 0.25) is 5.02 Å². The fourth-order valence-electron chi connectivity index (χ4n) is 2.47. The number of H-pyrrole nitrogens is 2. The van der Waals surface area contributed by atoms with Gasteiger partial charge in [-0.15, -0.1) is 11.8 Å². The van der Waals surface area contributed by atoms with Crippen LogP contribution in [-0.4, -0.2) is 39.8 Å². The molecule has 3 rings (SSSR count). The van der Waals surface area contributed by atoms with Gasteiger partial charge in [-0.25, -0.2) is 0 Å². The van der Waals surface area contributed by atoms with Gasteiger partial charge in [0.2, 0.25) is 5.78 Å². The quantitative estimate of drug-likeness (QED) is 0.476. The van der Waals surface area contributed by atoms with Gasteiger partial charge in [0.15, 0.2) is 5.44 Å². The van der Waals surface area contributed by atoms with Crippen molar-refractivity contribution < 1.29 is 9.53 Å². The normalized spacial score (nSPS) is 12.7. The van der Waals surface area contributed by atoms with Crippen molar-refractivity contribution in [2.45, 2.75) is 5.44 Å². The number of carbonyl (C=O) groups excluding carboxylic acids is 1. The molecular weight excluding hydrogens is 402 g/mol. The minimum atomic E-state index is -0.584. The van der Waals surface area contributed by atoms with Crippen LogP contribution in [0.25, 0.3) is 22.2 Å². The highest BCUT2D eigenvalue weighted by Crippen LogP contribution is 2.37. The van der Waals surface area contributed by atoms with E-state index in [-0.39, 0.29) is 5.78 Å². The third kappa shape index (κ3) is 2.94. The predicted octanol–water partition coefficient (Wildman–Crippen LogP) is 4.49. The van der Waals surface area contributed by atoms with E-state index in [9.17, 15) is 4.79 Å². The van der Waals surface area contributed by atoms with Crippen LogP contribution in [0.1, 0.15) is 10.5 Å². The first kappa shape index (κ1) is 16.6. The predicted molar refractivity (Wildman–Crippen MR) is 97.2 cm³/mol. The molecule has 2 heterocycles. The van der Waals surface area contributed by atoms with Crippen molar-refractivity contribution in [1.82, 2.24) is 15.2 Å². The molecule has 23 heavy (non-hydrogen) atoms. The molecule has 2 aromatic heterocycles. The highest BCUT2D eigenvalue weighted by Gasteiger charge is 2.26. The number of carbonyl (C=O) groups is 1. The van der Waals surface area contributed by atoms with Gasteiger partial charge < -0.3 is 9.72 Å². The van der Waals surface area contributed by atoms with Crippen molar-refractivity contribution >= 4 is 56.0 Å². The molecule has 5 nitrogen and oxygen atoms in total. The van der Waals surface area contributed by atoms with E-state index in [1.807, 2.05) is 24.5 Å². The zero-order valence-corrected chi connectivity index (χ0v) is 15.5. The van der Waals surface area contributed by atoms with Crippen LogP contribution in [0, 0.1) is 0 Å². The lowest BCUT2D eigenvalue weighted by Gasteiger charge is -2.11. The minimum Gasteiger partial charge on any atom is -0.362 e. The number of halogens is 2. The van der Waals surface area contributed by atoms with E-state index in [0.717, 1.165) is 20.9 Å². The van der Waals surface area contributed by atoms with Crippen LogP contribution in [0.4, 0.5) is 0 Å². The van der Waals surface area contributed by atoms with Crippen LogP contribution >= 0.6 is 39.3 Å².